The lowest BCUT2D eigenvalue weighted by Gasteiger charge is -2.15. The molecule has 26 heavy (non-hydrogen) atoms. The standard InChI is InChI=1S/C19H18ClN3O2S/c1-14(15-5-3-2-4-6-15)22-17-9-12-19(21-13-17)23-26(24,25)18-10-7-16(20)8-11-18/h2-14,22H,1H3,(H,21,23). The number of sulfonamides is 1. The van der Waals surface area contributed by atoms with Gasteiger partial charge in [-0.3, -0.25) is 4.72 Å². The monoisotopic (exact) mass is 387 g/mol. The summed E-state index contributed by atoms with van der Waals surface area (Å²) in [7, 11) is -3.70. The van der Waals surface area contributed by atoms with Crippen molar-refractivity contribution in [3.8, 4) is 0 Å². The molecule has 1 unspecified atom stereocenters. The number of benzene rings is 2. The van der Waals surface area contributed by atoms with Crippen LogP contribution in [0.2, 0.25) is 5.02 Å². The molecule has 0 saturated heterocycles. The number of rotatable bonds is 6. The minimum absolute atomic E-state index is 0.106. The van der Waals surface area contributed by atoms with Crippen LogP contribution in [0.1, 0.15) is 18.5 Å². The van der Waals surface area contributed by atoms with E-state index in [-0.39, 0.29) is 16.8 Å². The average molecular weight is 388 g/mol. The van der Waals surface area contributed by atoms with Gasteiger partial charge in [-0.25, -0.2) is 13.4 Å². The summed E-state index contributed by atoms with van der Waals surface area (Å²) in [5, 5.41) is 3.81. The molecule has 0 fully saturated rings. The van der Waals surface area contributed by atoms with Gasteiger partial charge in [-0.05, 0) is 48.9 Å². The van der Waals surface area contributed by atoms with Crippen molar-refractivity contribution in [3.63, 3.8) is 0 Å². The van der Waals surface area contributed by atoms with Gasteiger partial charge >= 0.3 is 0 Å². The maximum Gasteiger partial charge on any atom is 0.263 e. The van der Waals surface area contributed by atoms with Crippen molar-refractivity contribution in [3.05, 3.63) is 83.5 Å². The predicted molar refractivity (Wildman–Crippen MR) is 105 cm³/mol. The first-order valence-corrected chi connectivity index (χ1v) is 9.86. The molecule has 2 N–H and O–H groups in total. The molecule has 0 amide bonds. The lowest BCUT2D eigenvalue weighted by atomic mass is 10.1. The summed E-state index contributed by atoms with van der Waals surface area (Å²) in [5.41, 5.74) is 1.95. The molecule has 0 spiro atoms. The molecule has 0 aliphatic rings. The van der Waals surface area contributed by atoms with Gasteiger partial charge in [0, 0.05) is 11.1 Å². The number of pyridine rings is 1. The van der Waals surface area contributed by atoms with Crippen LogP contribution in [-0.4, -0.2) is 13.4 Å². The van der Waals surface area contributed by atoms with Gasteiger partial charge in [0.25, 0.3) is 10.0 Å². The highest BCUT2D eigenvalue weighted by Crippen LogP contribution is 2.21. The van der Waals surface area contributed by atoms with Crippen molar-refractivity contribution in [2.75, 3.05) is 10.0 Å². The highest BCUT2D eigenvalue weighted by atomic mass is 35.5. The third-order valence-corrected chi connectivity index (χ3v) is 5.43. The maximum atomic E-state index is 12.4. The van der Waals surface area contributed by atoms with Crippen LogP contribution in [0, 0.1) is 0 Å². The summed E-state index contributed by atoms with van der Waals surface area (Å²) in [6.45, 7) is 2.05. The molecule has 2 aromatic carbocycles. The highest BCUT2D eigenvalue weighted by Gasteiger charge is 2.14. The molecule has 0 radical (unpaired) electrons. The molecule has 0 bridgehead atoms. The van der Waals surface area contributed by atoms with Crippen LogP contribution in [0.15, 0.2) is 77.8 Å². The molecule has 3 aromatic rings. The normalized spacial score (nSPS) is 12.4. The Morgan fingerprint density at radius 3 is 2.27 bits per heavy atom. The minimum Gasteiger partial charge on any atom is -0.377 e. The van der Waals surface area contributed by atoms with Gasteiger partial charge in [-0.15, -0.1) is 0 Å². The fraction of sp³-hybridized carbons (Fsp3) is 0.105. The van der Waals surface area contributed by atoms with E-state index in [1.165, 1.54) is 24.3 Å². The summed E-state index contributed by atoms with van der Waals surface area (Å²) in [4.78, 5) is 4.30. The van der Waals surface area contributed by atoms with E-state index in [1.807, 2.05) is 37.3 Å². The molecular formula is C19H18ClN3O2S. The molecule has 134 valence electrons. The molecule has 0 saturated carbocycles. The van der Waals surface area contributed by atoms with Gasteiger partial charge in [-0.1, -0.05) is 41.9 Å². The van der Waals surface area contributed by atoms with Gasteiger partial charge in [0.1, 0.15) is 5.82 Å². The predicted octanol–water partition coefficient (Wildman–Crippen LogP) is 4.71. The van der Waals surface area contributed by atoms with Crippen molar-refractivity contribution in [2.45, 2.75) is 17.9 Å². The number of anilines is 2. The van der Waals surface area contributed by atoms with Crippen LogP contribution < -0.4 is 10.0 Å². The maximum absolute atomic E-state index is 12.4. The summed E-state index contributed by atoms with van der Waals surface area (Å²) < 4.78 is 27.2. The zero-order valence-corrected chi connectivity index (χ0v) is 15.6. The largest absolute Gasteiger partial charge is 0.377 e. The zero-order chi connectivity index (χ0) is 18.6. The van der Waals surface area contributed by atoms with Crippen LogP contribution in [0.3, 0.4) is 0 Å². The van der Waals surface area contributed by atoms with Crippen LogP contribution in [0.4, 0.5) is 11.5 Å². The zero-order valence-electron chi connectivity index (χ0n) is 14.1. The average Bonchev–Trinajstić information content (AvgIpc) is 2.64. The summed E-state index contributed by atoms with van der Waals surface area (Å²) >= 11 is 5.79. The third kappa shape index (κ3) is 4.53. The molecule has 1 atom stereocenters. The molecule has 1 heterocycles. The second-order valence-corrected chi connectivity index (χ2v) is 7.89. The molecule has 5 nitrogen and oxygen atoms in total. The van der Waals surface area contributed by atoms with E-state index in [2.05, 4.69) is 15.0 Å². The first-order valence-electron chi connectivity index (χ1n) is 8.00. The number of nitrogens with zero attached hydrogens (tertiary/aromatic N) is 1. The Balaban J connectivity index is 1.68. The van der Waals surface area contributed by atoms with Crippen molar-refractivity contribution >= 4 is 33.1 Å². The Labute approximate surface area is 158 Å². The van der Waals surface area contributed by atoms with E-state index < -0.39 is 10.0 Å². The topological polar surface area (TPSA) is 71.1 Å². The van der Waals surface area contributed by atoms with Crippen LogP contribution in [-0.2, 0) is 10.0 Å². The lowest BCUT2D eigenvalue weighted by Crippen LogP contribution is -2.14. The second kappa shape index (κ2) is 7.76. The van der Waals surface area contributed by atoms with Gasteiger partial charge in [-0.2, -0.15) is 0 Å². The van der Waals surface area contributed by atoms with Crippen molar-refractivity contribution in [1.29, 1.82) is 0 Å². The first kappa shape index (κ1) is 18.2. The number of nitrogens with one attached hydrogen (secondary N) is 2. The fourth-order valence-corrected chi connectivity index (χ4v) is 3.56. The van der Waals surface area contributed by atoms with E-state index in [0.717, 1.165) is 11.3 Å². The number of hydrogen-bond acceptors (Lipinski definition) is 4. The summed E-state index contributed by atoms with van der Waals surface area (Å²) in [6, 6.07) is 19.5. The van der Waals surface area contributed by atoms with Gasteiger partial charge in [0.2, 0.25) is 0 Å². The number of aromatic nitrogens is 1. The van der Waals surface area contributed by atoms with Crippen LogP contribution in [0.25, 0.3) is 0 Å². The minimum atomic E-state index is -3.70. The first-order chi connectivity index (χ1) is 12.4. The molecular weight excluding hydrogens is 370 g/mol. The van der Waals surface area contributed by atoms with E-state index in [9.17, 15) is 8.42 Å². The van der Waals surface area contributed by atoms with E-state index in [1.54, 1.807) is 18.3 Å². The molecule has 0 aliphatic heterocycles. The van der Waals surface area contributed by atoms with Gasteiger partial charge < -0.3 is 5.32 Å². The molecule has 7 heteroatoms. The summed E-state index contributed by atoms with van der Waals surface area (Å²) in [5.74, 6) is 0.248. The lowest BCUT2D eigenvalue weighted by molar-refractivity contribution is 0.601. The Kier molecular flexibility index (Phi) is 5.44. The Hall–Kier alpha value is -2.57. The van der Waals surface area contributed by atoms with Gasteiger partial charge in [0.05, 0.1) is 16.8 Å². The third-order valence-electron chi connectivity index (χ3n) is 3.81. The smallest absolute Gasteiger partial charge is 0.263 e. The van der Waals surface area contributed by atoms with Crippen LogP contribution in [0.5, 0.6) is 0 Å². The number of hydrogen-bond donors (Lipinski definition) is 2. The quantitative estimate of drug-likeness (QED) is 0.642. The van der Waals surface area contributed by atoms with Crippen molar-refractivity contribution in [2.24, 2.45) is 0 Å². The van der Waals surface area contributed by atoms with Gasteiger partial charge in [0.15, 0.2) is 0 Å². The second-order valence-electron chi connectivity index (χ2n) is 5.77. The Bertz CT molecular complexity index is 960. The van der Waals surface area contributed by atoms with E-state index in [4.69, 9.17) is 11.6 Å². The van der Waals surface area contributed by atoms with E-state index >= 15 is 0 Å². The van der Waals surface area contributed by atoms with Crippen molar-refractivity contribution in [1.82, 2.24) is 4.98 Å². The number of halogens is 1. The Morgan fingerprint density at radius 1 is 0.962 bits per heavy atom. The SMILES string of the molecule is CC(Nc1ccc(NS(=O)(=O)c2ccc(Cl)cc2)nc1)c1ccccc1. The molecule has 3 rings (SSSR count). The molecule has 0 aliphatic carbocycles. The van der Waals surface area contributed by atoms with Crippen molar-refractivity contribution < 1.29 is 8.42 Å². The highest BCUT2D eigenvalue weighted by molar-refractivity contribution is 7.92. The molecule has 1 aromatic heterocycles. The van der Waals surface area contributed by atoms with Crippen LogP contribution >= 0.6 is 11.6 Å². The fourth-order valence-electron chi connectivity index (χ4n) is 2.43. The van der Waals surface area contributed by atoms with E-state index in [0.29, 0.717) is 5.02 Å². The Morgan fingerprint density at radius 2 is 1.65 bits per heavy atom. The summed E-state index contributed by atoms with van der Waals surface area (Å²) in [6.07, 6.45) is 1.60.